The zero-order chi connectivity index (χ0) is 20.2. The van der Waals surface area contributed by atoms with Crippen molar-refractivity contribution in [1.82, 2.24) is 0 Å². The van der Waals surface area contributed by atoms with Gasteiger partial charge in [-0.05, 0) is 11.6 Å². The predicted octanol–water partition coefficient (Wildman–Crippen LogP) is 4.78. The lowest BCUT2D eigenvalue weighted by Crippen LogP contribution is -2.05. The molecular weight excluding hydrogens is 368 g/mol. The Balaban J connectivity index is 1.66. The number of carbonyl (C=O) groups excluding carboxylic acids is 1. The molecule has 0 aliphatic heterocycles. The molecule has 3 aromatic carbocycles. The second-order valence-corrected chi connectivity index (χ2v) is 6.32. The smallest absolute Gasteiger partial charge is 0.336 e. The van der Waals surface area contributed by atoms with Crippen molar-refractivity contribution in [3.05, 3.63) is 101 Å². The molecule has 4 aromatic rings. The summed E-state index contributed by atoms with van der Waals surface area (Å²) in [6.45, 7) is 0. The third-order valence-electron chi connectivity index (χ3n) is 4.27. The molecule has 0 saturated heterocycles. The first-order valence-corrected chi connectivity index (χ1v) is 8.91. The van der Waals surface area contributed by atoms with Gasteiger partial charge in [-0.3, -0.25) is 4.79 Å². The fourth-order valence-electron chi connectivity index (χ4n) is 2.93. The number of fused-ring (bicyclic) bond motifs is 1. The van der Waals surface area contributed by atoms with Crippen LogP contribution in [0.4, 0.5) is 0 Å². The summed E-state index contributed by atoms with van der Waals surface area (Å²) in [6, 6.07) is 22.4. The van der Waals surface area contributed by atoms with Gasteiger partial charge in [0.2, 0.25) is 0 Å². The van der Waals surface area contributed by atoms with Gasteiger partial charge in [-0.2, -0.15) is 0 Å². The van der Waals surface area contributed by atoms with Gasteiger partial charge < -0.3 is 14.3 Å². The van der Waals surface area contributed by atoms with Crippen LogP contribution in [0, 0.1) is 0 Å². The van der Waals surface area contributed by atoms with Gasteiger partial charge in [-0.1, -0.05) is 60.7 Å². The SMILES string of the molecule is O=C(C=Cc1ccccc1)Oc1cc(O)c2c(=O)cc(-c3ccccc3)oc2c1. The number of hydrogen-bond donors (Lipinski definition) is 1. The van der Waals surface area contributed by atoms with E-state index < -0.39 is 5.97 Å². The van der Waals surface area contributed by atoms with Crippen molar-refractivity contribution in [3.8, 4) is 22.8 Å². The Bertz CT molecular complexity index is 1260. The third kappa shape index (κ3) is 4.09. The van der Waals surface area contributed by atoms with Crippen LogP contribution < -0.4 is 10.2 Å². The van der Waals surface area contributed by atoms with Gasteiger partial charge in [-0.25, -0.2) is 4.79 Å². The van der Waals surface area contributed by atoms with Crippen LogP contribution in [-0.2, 0) is 4.79 Å². The summed E-state index contributed by atoms with van der Waals surface area (Å²) in [7, 11) is 0. The highest BCUT2D eigenvalue weighted by molar-refractivity contribution is 5.91. The van der Waals surface area contributed by atoms with E-state index in [0.29, 0.717) is 5.76 Å². The first-order valence-electron chi connectivity index (χ1n) is 8.91. The first kappa shape index (κ1) is 18.3. The second-order valence-electron chi connectivity index (χ2n) is 6.32. The van der Waals surface area contributed by atoms with Crippen LogP contribution in [0.2, 0.25) is 0 Å². The number of ether oxygens (including phenoxy) is 1. The van der Waals surface area contributed by atoms with E-state index in [0.717, 1.165) is 11.1 Å². The summed E-state index contributed by atoms with van der Waals surface area (Å²) in [5, 5.41) is 10.3. The molecule has 0 aliphatic carbocycles. The number of aromatic hydroxyl groups is 1. The summed E-state index contributed by atoms with van der Waals surface area (Å²) in [4.78, 5) is 24.6. The Kier molecular flexibility index (Phi) is 4.95. The first-order chi connectivity index (χ1) is 14.1. The van der Waals surface area contributed by atoms with Crippen molar-refractivity contribution in [2.75, 3.05) is 0 Å². The molecule has 0 aliphatic rings. The fourth-order valence-corrected chi connectivity index (χ4v) is 2.93. The van der Waals surface area contributed by atoms with E-state index in [2.05, 4.69) is 0 Å². The van der Waals surface area contributed by atoms with Crippen LogP contribution in [-0.4, -0.2) is 11.1 Å². The Labute approximate surface area is 166 Å². The van der Waals surface area contributed by atoms with E-state index >= 15 is 0 Å². The predicted molar refractivity (Wildman–Crippen MR) is 111 cm³/mol. The molecule has 0 unspecified atom stereocenters. The van der Waals surface area contributed by atoms with Crippen LogP contribution in [0.15, 0.2) is 94.2 Å². The summed E-state index contributed by atoms with van der Waals surface area (Å²) < 4.78 is 11.1. The second kappa shape index (κ2) is 7.86. The average molecular weight is 384 g/mol. The minimum atomic E-state index is -0.617. The van der Waals surface area contributed by atoms with Gasteiger partial charge >= 0.3 is 5.97 Å². The maximum Gasteiger partial charge on any atom is 0.336 e. The summed E-state index contributed by atoms with van der Waals surface area (Å²) in [5.74, 6) is -0.499. The molecule has 29 heavy (non-hydrogen) atoms. The van der Waals surface area contributed by atoms with E-state index in [4.69, 9.17) is 9.15 Å². The van der Waals surface area contributed by atoms with E-state index in [1.54, 1.807) is 6.08 Å². The number of phenols is 1. The normalized spacial score (nSPS) is 11.0. The third-order valence-corrected chi connectivity index (χ3v) is 4.27. The average Bonchev–Trinajstić information content (AvgIpc) is 2.73. The van der Waals surface area contributed by atoms with Crippen LogP contribution in [0.5, 0.6) is 11.5 Å². The quantitative estimate of drug-likeness (QED) is 0.311. The Morgan fingerprint density at radius 2 is 1.62 bits per heavy atom. The summed E-state index contributed by atoms with van der Waals surface area (Å²) >= 11 is 0. The maximum atomic E-state index is 12.4. The molecule has 0 amide bonds. The monoisotopic (exact) mass is 384 g/mol. The molecule has 142 valence electrons. The molecule has 5 heteroatoms. The number of benzene rings is 3. The van der Waals surface area contributed by atoms with Gasteiger partial charge in [0.15, 0.2) is 5.43 Å². The number of phenolic OH excluding ortho intramolecular Hbond substituents is 1. The zero-order valence-electron chi connectivity index (χ0n) is 15.2. The molecule has 0 radical (unpaired) electrons. The van der Waals surface area contributed by atoms with Crippen LogP contribution in [0.25, 0.3) is 28.4 Å². The van der Waals surface area contributed by atoms with E-state index in [-0.39, 0.29) is 27.9 Å². The van der Waals surface area contributed by atoms with Crippen molar-refractivity contribution in [2.45, 2.75) is 0 Å². The van der Waals surface area contributed by atoms with Gasteiger partial charge in [-0.15, -0.1) is 0 Å². The highest BCUT2D eigenvalue weighted by Gasteiger charge is 2.14. The Morgan fingerprint density at radius 3 is 2.34 bits per heavy atom. The van der Waals surface area contributed by atoms with Gasteiger partial charge in [0, 0.05) is 29.8 Å². The molecule has 5 nitrogen and oxygen atoms in total. The van der Waals surface area contributed by atoms with Crippen molar-refractivity contribution in [3.63, 3.8) is 0 Å². The molecule has 0 bridgehead atoms. The topological polar surface area (TPSA) is 76.7 Å². The minimum absolute atomic E-state index is 0.0318. The highest BCUT2D eigenvalue weighted by atomic mass is 16.5. The maximum absolute atomic E-state index is 12.4. The van der Waals surface area contributed by atoms with Crippen LogP contribution in [0.3, 0.4) is 0 Å². The molecule has 0 saturated carbocycles. The zero-order valence-corrected chi connectivity index (χ0v) is 15.2. The van der Waals surface area contributed by atoms with E-state index in [9.17, 15) is 14.7 Å². The summed E-state index contributed by atoms with van der Waals surface area (Å²) in [6.07, 6.45) is 2.91. The van der Waals surface area contributed by atoms with E-state index in [1.807, 2.05) is 60.7 Å². The molecule has 1 heterocycles. The molecule has 0 fully saturated rings. The highest BCUT2D eigenvalue weighted by Crippen LogP contribution is 2.31. The number of carbonyl (C=O) groups is 1. The van der Waals surface area contributed by atoms with Gasteiger partial charge in [0.05, 0.1) is 0 Å². The lowest BCUT2D eigenvalue weighted by Gasteiger charge is -2.07. The molecule has 1 aromatic heterocycles. The molecule has 4 rings (SSSR count). The fraction of sp³-hybridized carbons (Fsp3) is 0. The lowest BCUT2D eigenvalue weighted by molar-refractivity contribution is -0.128. The van der Waals surface area contributed by atoms with Crippen LogP contribution >= 0.6 is 0 Å². The summed E-state index contributed by atoms with van der Waals surface area (Å²) in [5.41, 5.74) is 1.32. The largest absolute Gasteiger partial charge is 0.507 e. The van der Waals surface area contributed by atoms with Crippen molar-refractivity contribution >= 4 is 23.0 Å². The van der Waals surface area contributed by atoms with Crippen molar-refractivity contribution in [1.29, 1.82) is 0 Å². The van der Waals surface area contributed by atoms with Crippen molar-refractivity contribution < 1.29 is 19.1 Å². The van der Waals surface area contributed by atoms with Gasteiger partial charge in [0.25, 0.3) is 0 Å². The van der Waals surface area contributed by atoms with Crippen LogP contribution in [0.1, 0.15) is 5.56 Å². The van der Waals surface area contributed by atoms with Gasteiger partial charge in [0.1, 0.15) is 28.2 Å². The number of esters is 1. The Morgan fingerprint density at radius 1 is 0.931 bits per heavy atom. The number of rotatable bonds is 4. The van der Waals surface area contributed by atoms with E-state index in [1.165, 1.54) is 24.3 Å². The molecular formula is C24H16O5. The standard InChI is InChI=1S/C24H16O5/c25-19-13-18(28-23(27)12-11-16-7-3-1-4-8-16)14-22-24(19)20(26)15-21(29-22)17-9-5-2-6-10-17/h1-15,25H. The number of hydrogen-bond acceptors (Lipinski definition) is 5. The molecule has 0 spiro atoms. The lowest BCUT2D eigenvalue weighted by atomic mass is 10.1. The molecule has 1 N–H and O–H groups in total. The molecule has 0 atom stereocenters. The minimum Gasteiger partial charge on any atom is -0.507 e. The van der Waals surface area contributed by atoms with Crippen molar-refractivity contribution in [2.24, 2.45) is 0 Å². The Hall–Kier alpha value is -4.12.